The van der Waals surface area contributed by atoms with Gasteiger partial charge < -0.3 is 4.42 Å². The summed E-state index contributed by atoms with van der Waals surface area (Å²) in [4.78, 5) is 1.33. The minimum atomic E-state index is -3.58. The Labute approximate surface area is 146 Å². The molecule has 0 unspecified atom stereocenters. The monoisotopic (exact) mass is 361 g/mol. The summed E-state index contributed by atoms with van der Waals surface area (Å²) in [7, 11) is -3.58. The van der Waals surface area contributed by atoms with Crippen LogP contribution in [0.15, 0.2) is 69.7 Å². The maximum absolute atomic E-state index is 13.1. The summed E-state index contributed by atoms with van der Waals surface area (Å²) in [6.45, 7) is 2.68. The first-order valence-electron chi connectivity index (χ1n) is 7.72. The molecule has 0 saturated carbocycles. The molecular weight excluding hydrogens is 342 g/mol. The Morgan fingerprint density at radius 2 is 1.83 bits per heavy atom. The molecule has 3 aromatic rings. The van der Waals surface area contributed by atoms with Crippen LogP contribution < -0.4 is 0 Å². The molecule has 0 atom stereocenters. The Balaban J connectivity index is 1.92. The van der Waals surface area contributed by atoms with Gasteiger partial charge in [0.1, 0.15) is 0 Å². The van der Waals surface area contributed by atoms with Gasteiger partial charge in [-0.3, -0.25) is 0 Å². The van der Waals surface area contributed by atoms with Crippen molar-refractivity contribution >= 4 is 21.4 Å². The van der Waals surface area contributed by atoms with Crippen LogP contribution >= 0.6 is 11.3 Å². The third-order valence-corrected chi connectivity index (χ3v) is 6.49. The fraction of sp³-hybridized carbons (Fsp3) is 0.222. The van der Waals surface area contributed by atoms with Crippen LogP contribution in [0.3, 0.4) is 0 Å². The van der Waals surface area contributed by atoms with Crippen LogP contribution in [0.4, 0.5) is 0 Å². The molecule has 24 heavy (non-hydrogen) atoms. The summed E-state index contributed by atoms with van der Waals surface area (Å²) in [6, 6.07) is 12.8. The third-order valence-electron chi connectivity index (χ3n) is 3.82. The molecule has 2 heterocycles. The highest BCUT2D eigenvalue weighted by molar-refractivity contribution is 7.89. The van der Waals surface area contributed by atoms with Gasteiger partial charge in [-0.1, -0.05) is 25.1 Å². The minimum Gasteiger partial charge on any atom is -0.472 e. The SMILES string of the molecule is CCc1ccc(S(=O)(=O)N(Cc2ccoc2)Cc2cccs2)cc1. The standard InChI is InChI=1S/C18H19NO3S2/c1-2-15-5-7-18(8-6-15)24(20,21)19(12-16-9-10-22-14-16)13-17-4-3-11-23-17/h3-11,14H,2,12-13H2,1H3. The number of hydrogen-bond acceptors (Lipinski definition) is 4. The lowest BCUT2D eigenvalue weighted by atomic mass is 10.2. The maximum atomic E-state index is 13.1. The van der Waals surface area contributed by atoms with Crippen LogP contribution in [0.25, 0.3) is 0 Å². The van der Waals surface area contributed by atoms with Crippen molar-refractivity contribution in [3.63, 3.8) is 0 Å². The largest absolute Gasteiger partial charge is 0.472 e. The van der Waals surface area contributed by atoms with Gasteiger partial charge >= 0.3 is 0 Å². The van der Waals surface area contributed by atoms with Crippen LogP contribution in [0, 0.1) is 0 Å². The van der Waals surface area contributed by atoms with Gasteiger partial charge in [0, 0.05) is 23.5 Å². The first-order chi connectivity index (χ1) is 11.6. The van der Waals surface area contributed by atoms with Gasteiger partial charge in [-0.2, -0.15) is 4.31 Å². The molecular formula is C18H19NO3S2. The summed E-state index contributed by atoms with van der Waals surface area (Å²) in [5.41, 5.74) is 1.95. The first kappa shape index (κ1) is 17.0. The quantitative estimate of drug-likeness (QED) is 0.631. The third kappa shape index (κ3) is 3.77. The van der Waals surface area contributed by atoms with Crippen molar-refractivity contribution in [3.05, 3.63) is 76.4 Å². The zero-order chi connectivity index (χ0) is 17.0. The molecule has 0 radical (unpaired) electrons. The fourth-order valence-corrected chi connectivity index (χ4v) is 4.64. The highest BCUT2D eigenvalue weighted by atomic mass is 32.2. The van der Waals surface area contributed by atoms with Crippen molar-refractivity contribution in [2.75, 3.05) is 0 Å². The summed E-state index contributed by atoms with van der Waals surface area (Å²) in [5, 5.41) is 1.95. The normalized spacial score (nSPS) is 11.9. The van der Waals surface area contributed by atoms with Gasteiger partial charge in [0.05, 0.1) is 17.4 Å². The molecule has 0 N–H and O–H groups in total. The van der Waals surface area contributed by atoms with E-state index in [-0.39, 0.29) is 6.54 Å². The molecule has 126 valence electrons. The number of thiophene rings is 1. The van der Waals surface area contributed by atoms with E-state index in [1.165, 1.54) is 4.31 Å². The molecule has 0 saturated heterocycles. The maximum Gasteiger partial charge on any atom is 0.243 e. The Morgan fingerprint density at radius 1 is 1.04 bits per heavy atom. The fourth-order valence-electron chi connectivity index (χ4n) is 2.43. The van der Waals surface area contributed by atoms with Gasteiger partial charge in [-0.25, -0.2) is 8.42 Å². The van der Waals surface area contributed by atoms with Gasteiger partial charge in [-0.05, 0) is 41.6 Å². The smallest absolute Gasteiger partial charge is 0.243 e. The number of furan rings is 1. The predicted molar refractivity (Wildman–Crippen MR) is 95.3 cm³/mol. The van der Waals surface area contributed by atoms with E-state index in [0.717, 1.165) is 22.4 Å². The summed E-state index contributed by atoms with van der Waals surface area (Å²) < 4.78 is 32.7. The van der Waals surface area contributed by atoms with Gasteiger partial charge in [-0.15, -0.1) is 11.3 Å². The highest BCUT2D eigenvalue weighted by Crippen LogP contribution is 2.23. The van der Waals surface area contributed by atoms with Gasteiger partial charge in [0.25, 0.3) is 0 Å². The van der Waals surface area contributed by atoms with Crippen molar-refractivity contribution in [3.8, 4) is 0 Å². The van der Waals surface area contributed by atoms with Gasteiger partial charge in [0.2, 0.25) is 10.0 Å². The van der Waals surface area contributed by atoms with E-state index in [4.69, 9.17) is 4.42 Å². The summed E-state index contributed by atoms with van der Waals surface area (Å²) >= 11 is 1.55. The second-order valence-electron chi connectivity index (χ2n) is 5.48. The molecule has 1 aromatic carbocycles. The molecule has 0 bridgehead atoms. The number of rotatable bonds is 7. The van der Waals surface area contributed by atoms with Crippen molar-refractivity contribution in [1.82, 2.24) is 4.31 Å². The molecule has 0 aliphatic heterocycles. The number of sulfonamides is 1. The molecule has 0 fully saturated rings. The molecule has 0 aliphatic carbocycles. The van der Waals surface area contributed by atoms with E-state index >= 15 is 0 Å². The molecule has 4 nitrogen and oxygen atoms in total. The number of hydrogen-bond donors (Lipinski definition) is 0. The Bertz CT molecular complexity index is 815. The highest BCUT2D eigenvalue weighted by Gasteiger charge is 2.25. The zero-order valence-corrected chi connectivity index (χ0v) is 15.0. The average molecular weight is 361 g/mol. The summed E-state index contributed by atoms with van der Waals surface area (Å²) in [6.07, 6.45) is 4.02. The summed E-state index contributed by atoms with van der Waals surface area (Å²) in [5.74, 6) is 0. The van der Waals surface area contributed by atoms with E-state index in [1.54, 1.807) is 42.1 Å². The molecule has 0 aliphatic rings. The number of aryl methyl sites for hydroxylation is 1. The van der Waals surface area contributed by atoms with Crippen LogP contribution in [-0.2, 0) is 29.5 Å². The molecule has 3 rings (SSSR count). The predicted octanol–water partition coefficient (Wildman–Crippen LogP) is 4.29. The zero-order valence-electron chi connectivity index (χ0n) is 13.4. The number of nitrogens with zero attached hydrogens (tertiary/aromatic N) is 1. The lowest BCUT2D eigenvalue weighted by Gasteiger charge is -2.21. The Hall–Kier alpha value is -1.89. The van der Waals surface area contributed by atoms with Crippen molar-refractivity contribution in [1.29, 1.82) is 0 Å². The minimum absolute atomic E-state index is 0.284. The van der Waals surface area contributed by atoms with Crippen LogP contribution in [0.1, 0.15) is 22.9 Å². The average Bonchev–Trinajstić information content (AvgIpc) is 3.28. The van der Waals surface area contributed by atoms with E-state index in [1.807, 2.05) is 36.6 Å². The van der Waals surface area contributed by atoms with Crippen LogP contribution in [0.5, 0.6) is 0 Å². The van der Waals surface area contributed by atoms with Crippen molar-refractivity contribution < 1.29 is 12.8 Å². The van der Waals surface area contributed by atoms with Crippen molar-refractivity contribution in [2.24, 2.45) is 0 Å². The van der Waals surface area contributed by atoms with E-state index in [2.05, 4.69) is 0 Å². The molecule has 2 aromatic heterocycles. The van der Waals surface area contributed by atoms with Crippen LogP contribution in [0.2, 0.25) is 0 Å². The first-order valence-corrected chi connectivity index (χ1v) is 10.0. The van der Waals surface area contributed by atoms with Gasteiger partial charge in [0.15, 0.2) is 0 Å². The topological polar surface area (TPSA) is 50.5 Å². The number of benzene rings is 1. The van der Waals surface area contributed by atoms with E-state index in [9.17, 15) is 8.42 Å². The van der Waals surface area contributed by atoms with E-state index in [0.29, 0.717) is 11.4 Å². The molecule has 6 heteroatoms. The molecule has 0 amide bonds. The second kappa shape index (κ2) is 7.34. The lowest BCUT2D eigenvalue weighted by molar-refractivity contribution is 0.402. The van der Waals surface area contributed by atoms with E-state index < -0.39 is 10.0 Å². The second-order valence-corrected chi connectivity index (χ2v) is 8.45. The Morgan fingerprint density at radius 3 is 2.42 bits per heavy atom. The van der Waals surface area contributed by atoms with Crippen LogP contribution in [-0.4, -0.2) is 12.7 Å². The molecule has 0 spiro atoms. The van der Waals surface area contributed by atoms with Crippen molar-refractivity contribution in [2.45, 2.75) is 31.3 Å². The Kier molecular flexibility index (Phi) is 5.18. The lowest BCUT2D eigenvalue weighted by Crippen LogP contribution is -2.29.